The first-order valence-corrected chi connectivity index (χ1v) is 15.2. The van der Waals surface area contributed by atoms with E-state index in [2.05, 4.69) is 34.5 Å². The third-order valence-corrected chi connectivity index (χ3v) is 8.97. The molecule has 0 N–H and O–H groups in total. The van der Waals surface area contributed by atoms with Crippen LogP contribution in [0.2, 0.25) is 0 Å². The number of pyridine rings is 1. The van der Waals surface area contributed by atoms with E-state index in [0.29, 0.717) is 48.4 Å². The third-order valence-electron chi connectivity index (χ3n) is 8.17. The number of aromatic nitrogens is 5. The quantitative estimate of drug-likeness (QED) is 0.190. The van der Waals surface area contributed by atoms with Gasteiger partial charge in [0.1, 0.15) is 23.6 Å². The molecule has 7 rings (SSSR count). The van der Waals surface area contributed by atoms with E-state index in [0.717, 1.165) is 28.9 Å². The van der Waals surface area contributed by atoms with Crippen LogP contribution in [0.5, 0.6) is 11.5 Å². The number of piperazine rings is 1. The highest BCUT2D eigenvalue weighted by molar-refractivity contribution is 7.98. The highest BCUT2D eigenvalue weighted by atomic mass is 32.2. The molecule has 0 aliphatic carbocycles. The SMILES string of the molecule is COc1ccc(-c2nnc(CSc3nnc(-c4cn5c6c(c(N7CC[N+](C)(C)CC7)c(F)cc6c4=O)OC[C@@H]5C)o3)o2)cc1. The Kier molecular flexibility index (Phi) is 7.04. The lowest BCUT2D eigenvalue weighted by Crippen LogP contribution is -2.55. The van der Waals surface area contributed by atoms with Crippen molar-refractivity contribution < 1.29 is 27.2 Å². The van der Waals surface area contributed by atoms with Crippen molar-refractivity contribution in [3.8, 4) is 34.4 Å². The summed E-state index contributed by atoms with van der Waals surface area (Å²) in [5.74, 6) is 1.74. The molecule has 5 heterocycles. The van der Waals surface area contributed by atoms with Crippen molar-refractivity contribution in [2.75, 3.05) is 58.9 Å². The zero-order valence-electron chi connectivity index (χ0n) is 24.7. The maximum Gasteiger partial charge on any atom is 0.277 e. The Morgan fingerprint density at radius 3 is 2.57 bits per heavy atom. The smallest absolute Gasteiger partial charge is 0.277 e. The van der Waals surface area contributed by atoms with Gasteiger partial charge in [-0.25, -0.2) is 4.39 Å². The molecule has 0 bridgehead atoms. The van der Waals surface area contributed by atoms with Gasteiger partial charge in [-0.15, -0.1) is 20.4 Å². The largest absolute Gasteiger partial charge is 0.497 e. The molecule has 44 heavy (non-hydrogen) atoms. The summed E-state index contributed by atoms with van der Waals surface area (Å²) >= 11 is 1.21. The minimum atomic E-state index is -0.481. The molecule has 3 aromatic heterocycles. The second-order valence-electron chi connectivity index (χ2n) is 11.6. The van der Waals surface area contributed by atoms with Gasteiger partial charge in [-0.1, -0.05) is 11.8 Å². The van der Waals surface area contributed by atoms with E-state index >= 15 is 4.39 Å². The molecule has 2 aliphatic rings. The minimum absolute atomic E-state index is 0.0494. The first-order valence-electron chi connectivity index (χ1n) is 14.3. The van der Waals surface area contributed by atoms with Gasteiger partial charge < -0.3 is 32.3 Å². The number of hydrogen-bond donors (Lipinski definition) is 0. The average Bonchev–Trinajstić information content (AvgIpc) is 3.69. The van der Waals surface area contributed by atoms with Gasteiger partial charge in [0.2, 0.25) is 17.2 Å². The van der Waals surface area contributed by atoms with Crippen molar-refractivity contribution in [1.82, 2.24) is 25.0 Å². The summed E-state index contributed by atoms with van der Waals surface area (Å²) in [6, 6.07) is 8.50. The lowest BCUT2D eigenvalue weighted by atomic mass is 10.1. The van der Waals surface area contributed by atoms with E-state index in [4.69, 9.17) is 18.3 Å². The monoisotopic (exact) mass is 620 g/mol. The number of nitrogens with zero attached hydrogens (tertiary/aromatic N) is 7. The standard InChI is InChI=1S/C30H31FN7O5S/c1-17-15-41-27-24-20(13-22(31)25(27)36-9-11-38(2,3)12-10-36)26(39)21(14-37(17)24)29-34-35-30(43-29)44-16-23-32-33-28(42-23)18-5-7-19(40-4)8-6-18/h5-8,13-14,17H,9-12,15-16H2,1-4H3/q+1/t17-/m0/s1. The lowest BCUT2D eigenvalue weighted by molar-refractivity contribution is -0.890. The Morgan fingerprint density at radius 1 is 1.07 bits per heavy atom. The average molecular weight is 621 g/mol. The fraction of sp³-hybridized carbons (Fsp3) is 0.367. The van der Waals surface area contributed by atoms with E-state index in [1.807, 2.05) is 40.7 Å². The first kappa shape index (κ1) is 28.3. The third kappa shape index (κ3) is 5.07. The molecular weight excluding hydrogens is 589 g/mol. The number of likely N-dealkylation sites (N-methyl/N-ethyl adjacent to an activating group) is 1. The van der Waals surface area contributed by atoms with Gasteiger partial charge in [-0.3, -0.25) is 4.79 Å². The van der Waals surface area contributed by atoms with Crippen molar-refractivity contribution in [3.05, 3.63) is 58.5 Å². The Bertz CT molecular complexity index is 1910. The van der Waals surface area contributed by atoms with Crippen molar-refractivity contribution in [1.29, 1.82) is 0 Å². The van der Waals surface area contributed by atoms with Crippen molar-refractivity contribution >= 4 is 28.4 Å². The molecule has 2 aromatic carbocycles. The highest BCUT2D eigenvalue weighted by Gasteiger charge is 2.33. The van der Waals surface area contributed by atoms with Crippen molar-refractivity contribution in [2.24, 2.45) is 0 Å². The van der Waals surface area contributed by atoms with Crippen LogP contribution < -0.4 is 19.8 Å². The van der Waals surface area contributed by atoms with Gasteiger partial charge >= 0.3 is 0 Å². The molecule has 0 radical (unpaired) electrons. The van der Waals surface area contributed by atoms with Gasteiger partial charge in [0.15, 0.2) is 11.6 Å². The fourth-order valence-electron chi connectivity index (χ4n) is 5.55. The number of methoxy groups -OCH3 is 1. The van der Waals surface area contributed by atoms with E-state index in [9.17, 15) is 4.79 Å². The van der Waals surface area contributed by atoms with Crippen LogP contribution in [0.15, 0.2) is 55.4 Å². The van der Waals surface area contributed by atoms with Crippen LogP contribution in [-0.4, -0.2) is 83.4 Å². The summed E-state index contributed by atoms with van der Waals surface area (Å²) in [4.78, 5) is 15.8. The molecule has 12 nitrogen and oxygen atoms in total. The van der Waals surface area contributed by atoms with Crippen LogP contribution in [0.4, 0.5) is 10.1 Å². The molecule has 2 aliphatic heterocycles. The zero-order chi connectivity index (χ0) is 30.6. The molecule has 14 heteroatoms. The summed E-state index contributed by atoms with van der Waals surface area (Å²) in [6.45, 7) is 5.47. The summed E-state index contributed by atoms with van der Waals surface area (Å²) in [7, 11) is 5.94. The topological polar surface area (TPSA) is 122 Å². The molecule has 228 valence electrons. The van der Waals surface area contributed by atoms with Gasteiger partial charge in [0.05, 0.1) is 70.1 Å². The van der Waals surface area contributed by atoms with E-state index in [1.54, 1.807) is 13.3 Å². The van der Waals surface area contributed by atoms with E-state index in [1.165, 1.54) is 17.8 Å². The number of anilines is 1. The first-order chi connectivity index (χ1) is 21.2. The Hall–Kier alpha value is -4.43. The Balaban J connectivity index is 1.16. The normalized spacial score (nSPS) is 17.6. The highest BCUT2D eigenvalue weighted by Crippen LogP contribution is 2.43. The molecule has 0 spiro atoms. The maximum atomic E-state index is 15.8. The molecular formula is C30H31FN7O5S+. The Morgan fingerprint density at radius 2 is 1.82 bits per heavy atom. The number of rotatable bonds is 7. The predicted octanol–water partition coefficient (Wildman–Crippen LogP) is 4.39. The van der Waals surface area contributed by atoms with Crippen LogP contribution in [0.3, 0.4) is 0 Å². The fourth-order valence-corrected chi connectivity index (χ4v) is 6.15. The Labute approximate surface area is 256 Å². The second-order valence-corrected chi connectivity index (χ2v) is 12.6. The minimum Gasteiger partial charge on any atom is -0.497 e. The van der Waals surface area contributed by atoms with Crippen LogP contribution in [0.25, 0.3) is 33.8 Å². The molecule has 1 atom stereocenters. The van der Waals surface area contributed by atoms with Crippen LogP contribution in [0.1, 0.15) is 18.9 Å². The van der Waals surface area contributed by atoms with E-state index < -0.39 is 11.2 Å². The number of thioether (sulfide) groups is 1. The summed E-state index contributed by atoms with van der Waals surface area (Å²) in [6.07, 6.45) is 1.71. The van der Waals surface area contributed by atoms with Crippen molar-refractivity contribution in [3.63, 3.8) is 0 Å². The van der Waals surface area contributed by atoms with E-state index in [-0.39, 0.29) is 33.9 Å². The zero-order valence-corrected chi connectivity index (χ0v) is 25.6. The number of ether oxygens (including phenoxy) is 2. The van der Waals surface area contributed by atoms with Gasteiger partial charge in [0.25, 0.3) is 11.1 Å². The molecule has 0 saturated carbocycles. The number of benzene rings is 2. The van der Waals surface area contributed by atoms with Crippen molar-refractivity contribution in [2.45, 2.75) is 23.9 Å². The second kappa shape index (κ2) is 10.9. The summed E-state index contributed by atoms with van der Waals surface area (Å²) in [5, 5.41) is 16.9. The predicted molar refractivity (Wildman–Crippen MR) is 162 cm³/mol. The van der Waals surface area contributed by atoms with Gasteiger partial charge in [-0.2, -0.15) is 0 Å². The molecule has 0 unspecified atom stereocenters. The number of halogens is 1. The lowest BCUT2D eigenvalue weighted by Gasteiger charge is -2.41. The number of hydrogen-bond acceptors (Lipinski definition) is 11. The molecule has 1 fully saturated rings. The van der Waals surface area contributed by atoms with Crippen LogP contribution in [-0.2, 0) is 5.75 Å². The summed E-state index contributed by atoms with van der Waals surface area (Å²) in [5.41, 5.74) is 1.54. The van der Waals surface area contributed by atoms with Gasteiger partial charge in [-0.05, 0) is 37.3 Å². The molecule has 0 amide bonds. The summed E-state index contributed by atoms with van der Waals surface area (Å²) < 4.78 is 41.6. The molecule has 5 aromatic rings. The molecule has 1 saturated heterocycles. The van der Waals surface area contributed by atoms with Crippen LogP contribution >= 0.6 is 11.8 Å². The maximum absolute atomic E-state index is 15.8. The van der Waals surface area contributed by atoms with Crippen LogP contribution in [0, 0.1) is 5.82 Å². The van der Waals surface area contributed by atoms with Gasteiger partial charge in [0, 0.05) is 11.8 Å². The number of quaternary nitrogens is 1.